The van der Waals surface area contributed by atoms with Crippen LogP contribution < -0.4 is 4.74 Å². The first-order valence-corrected chi connectivity index (χ1v) is 13.6. The molecule has 41 heavy (non-hydrogen) atoms. The number of Topliss-reactive ketones (excluding diaryl/α,β-unsaturated/α-hetero) is 1. The van der Waals surface area contributed by atoms with Gasteiger partial charge in [-0.2, -0.15) is 0 Å². The van der Waals surface area contributed by atoms with Crippen molar-refractivity contribution in [2.75, 3.05) is 39.8 Å². The number of aryl methyl sites for hydroxylation is 2. The van der Waals surface area contributed by atoms with Gasteiger partial charge in [-0.05, 0) is 31.0 Å². The summed E-state index contributed by atoms with van der Waals surface area (Å²) in [5.41, 5.74) is 4.79. The summed E-state index contributed by atoms with van der Waals surface area (Å²) in [6.45, 7) is 4.72. The molecule has 216 valence electrons. The summed E-state index contributed by atoms with van der Waals surface area (Å²) in [7, 11) is 1.58. The summed E-state index contributed by atoms with van der Waals surface area (Å²) in [6.07, 6.45) is -2.20. The number of amides is 2. The number of methoxy groups -OCH3 is 1. The van der Waals surface area contributed by atoms with E-state index in [0.29, 0.717) is 12.3 Å². The van der Waals surface area contributed by atoms with Gasteiger partial charge in [0.15, 0.2) is 5.78 Å². The SMILES string of the molecule is COc1ccccc1CN(CC(=O)C(c1ccc(C)cc1)c1ccc(C)cc1)C[C@@H]1CN(C(=O)O)CCN1C(=O)O. The average molecular weight is 560 g/mol. The number of ketones is 1. The minimum Gasteiger partial charge on any atom is -0.496 e. The highest BCUT2D eigenvalue weighted by Crippen LogP contribution is 2.28. The lowest BCUT2D eigenvalue weighted by molar-refractivity contribution is -0.121. The zero-order chi connectivity index (χ0) is 29.5. The van der Waals surface area contributed by atoms with Crippen molar-refractivity contribution in [1.82, 2.24) is 14.7 Å². The van der Waals surface area contributed by atoms with Crippen LogP contribution in [0.3, 0.4) is 0 Å². The lowest BCUT2D eigenvalue weighted by Gasteiger charge is -2.41. The molecule has 0 spiro atoms. The first-order chi connectivity index (χ1) is 19.7. The number of carbonyl (C=O) groups is 3. The highest BCUT2D eigenvalue weighted by atomic mass is 16.5. The van der Waals surface area contributed by atoms with Crippen LogP contribution in [0, 0.1) is 13.8 Å². The third-order valence-electron chi connectivity index (χ3n) is 7.58. The minimum atomic E-state index is -1.11. The van der Waals surface area contributed by atoms with E-state index in [1.165, 1.54) is 9.80 Å². The number of hydrogen-bond acceptors (Lipinski definition) is 5. The molecular weight excluding hydrogens is 522 g/mol. The van der Waals surface area contributed by atoms with Gasteiger partial charge in [0.2, 0.25) is 0 Å². The topological polar surface area (TPSA) is 111 Å². The van der Waals surface area contributed by atoms with Crippen LogP contribution in [0.4, 0.5) is 9.59 Å². The Morgan fingerprint density at radius 1 is 0.878 bits per heavy atom. The fourth-order valence-electron chi connectivity index (χ4n) is 5.39. The van der Waals surface area contributed by atoms with E-state index in [0.717, 1.165) is 27.8 Å². The largest absolute Gasteiger partial charge is 0.496 e. The Morgan fingerprint density at radius 2 is 1.46 bits per heavy atom. The fraction of sp³-hybridized carbons (Fsp3) is 0.344. The van der Waals surface area contributed by atoms with Crippen LogP contribution in [0.1, 0.15) is 33.7 Å². The van der Waals surface area contributed by atoms with E-state index in [1.807, 2.05) is 91.5 Å². The average Bonchev–Trinajstić information content (AvgIpc) is 2.95. The van der Waals surface area contributed by atoms with Crippen LogP contribution in [0.5, 0.6) is 5.75 Å². The van der Waals surface area contributed by atoms with E-state index in [1.54, 1.807) is 7.11 Å². The molecule has 1 heterocycles. The molecule has 1 aliphatic rings. The first-order valence-electron chi connectivity index (χ1n) is 13.6. The van der Waals surface area contributed by atoms with Crippen LogP contribution in [-0.2, 0) is 11.3 Å². The molecule has 3 aromatic carbocycles. The number of benzene rings is 3. The van der Waals surface area contributed by atoms with Crippen LogP contribution >= 0.6 is 0 Å². The molecule has 1 fully saturated rings. The Morgan fingerprint density at radius 3 is 2.00 bits per heavy atom. The number of piperazine rings is 1. The summed E-state index contributed by atoms with van der Waals surface area (Å²) >= 11 is 0. The highest BCUT2D eigenvalue weighted by molar-refractivity contribution is 5.90. The van der Waals surface area contributed by atoms with Gasteiger partial charge in [0.25, 0.3) is 0 Å². The van der Waals surface area contributed by atoms with Crippen LogP contribution in [0.2, 0.25) is 0 Å². The summed E-state index contributed by atoms with van der Waals surface area (Å²) in [5, 5.41) is 19.5. The first kappa shape index (κ1) is 29.6. The van der Waals surface area contributed by atoms with Crippen molar-refractivity contribution in [2.24, 2.45) is 0 Å². The number of ether oxygens (including phenoxy) is 1. The molecular formula is C32H37N3O6. The zero-order valence-electron chi connectivity index (χ0n) is 23.7. The van der Waals surface area contributed by atoms with E-state index in [2.05, 4.69) is 0 Å². The Hall–Kier alpha value is -4.37. The molecule has 0 radical (unpaired) electrons. The summed E-state index contributed by atoms with van der Waals surface area (Å²) in [6, 6.07) is 22.7. The van der Waals surface area contributed by atoms with Crippen LogP contribution in [0.15, 0.2) is 72.8 Å². The molecule has 2 amide bonds. The molecule has 9 nitrogen and oxygen atoms in total. The van der Waals surface area contributed by atoms with Gasteiger partial charge >= 0.3 is 12.2 Å². The van der Waals surface area contributed by atoms with Crippen molar-refractivity contribution in [3.63, 3.8) is 0 Å². The van der Waals surface area contributed by atoms with Crippen molar-refractivity contribution >= 4 is 18.0 Å². The quantitative estimate of drug-likeness (QED) is 0.365. The van der Waals surface area contributed by atoms with Crippen molar-refractivity contribution < 1.29 is 29.3 Å². The molecule has 1 atom stereocenters. The number of carbonyl (C=O) groups excluding carboxylic acids is 1. The maximum atomic E-state index is 14.2. The summed E-state index contributed by atoms with van der Waals surface area (Å²) < 4.78 is 5.56. The second-order valence-electron chi connectivity index (χ2n) is 10.6. The van der Waals surface area contributed by atoms with Crippen molar-refractivity contribution in [3.05, 3.63) is 101 Å². The molecule has 4 rings (SSSR count). The second-order valence-corrected chi connectivity index (χ2v) is 10.6. The van der Waals surface area contributed by atoms with E-state index in [-0.39, 0.29) is 38.5 Å². The van der Waals surface area contributed by atoms with E-state index in [4.69, 9.17) is 4.74 Å². The standard InChI is InChI=1S/C32H37N3O6/c1-22-8-12-24(13-9-22)30(25-14-10-23(2)11-15-25)28(36)21-33(18-26-6-4-5-7-29(26)41-3)19-27-20-34(31(37)38)16-17-35(27)32(39)40/h4-15,27,30H,16-21H2,1-3H3,(H,37,38)(H,39,40)/t27-/m1/s1. The lowest BCUT2D eigenvalue weighted by Crippen LogP contribution is -2.59. The molecule has 0 bridgehead atoms. The Labute approximate surface area is 240 Å². The minimum absolute atomic E-state index is 0.0254. The normalized spacial score (nSPS) is 15.3. The third-order valence-corrected chi connectivity index (χ3v) is 7.58. The van der Waals surface area contributed by atoms with Gasteiger partial charge in [0.05, 0.1) is 25.6 Å². The smallest absolute Gasteiger partial charge is 0.407 e. The molecule has 0 aliphatic carbocycles. The number of hydrogen-bond donors (Lipinski definition) is 2. The van der Waals surface area contributed by atoms with Gasteiger partial charge in [-0.15, -0.1) is 0 Å². The third kappa shape index (κ3) is 7.43. The Bertz CT molecular complexity index is 1310. The van der Waals surface area contributed by atoms with Gasteiger partial charge in [0, 0.05) is 38.3 Å². The fourth-order valence-corrected chi connectivity index (χ4v) is 5.39. The number of carboxylic acid groups (broad SMARTS) is 2. The van der Waals surface area contributed by atoms with Crippen molar-refractivity contribution in [3.8, 4) is 5.75 Å². The maximum Gasteiger partial charge on any atom is 0.407 e. The molecule has 3 aromatic rings. The van der Waals surface area contributed by atoms with Gasteiger partial charge in [-0.3, -0.25) is 9.69 Å². The predicted octanol–water partition coefficient (Wildman–Crippen LogP) is 4.86. The van der Waals surface area contributed by atoms with E-state index >= 15 is 0 Å². The predicted molar refractivity (Wildman–Crippen MR) is 156 cm³/mol. The van der Waals surface area contributed by atoms with Gasteiger partial charge < -0.3 is 24.7 Å². The molecule has 0 unspecified atom stereocenters. The van der Waals surface area contributed by atoms with Crippen LogP contribution in [0.25, 0.3) is 0 Å². The number of nitrogens with zero attached hydrogens (tertiary/aromatic N) is 3. The summed E-state index contributed by atoms with van der Waals surface area (Å²) in [5.74, 6) is 0.0960. The molecule has 0 saturated carbocycles. The van der Waals surface area contributed by atoms with Crippen LogP contribution in [-0.4, -0.2) is 88.8 Å². The zero-order valence-corrected chi connectivity index (χ0v) is 23.7. The lowest BCUT2D eigenvalue weighted by atomic mass is 9.86. The van der Waals surface area contributed by atoms with E-state index in [9.17, 15) is 24.6 Å². The molecule has 0 aromatic heterocycles. The molecule has 2 N–H and O–H groups in total. The van der Waals surface area contributed by atoms with Gasteiger partial charge in [-0.1, -0.05) is 77.9 Å². The van der Waals surface area contributed by atoms with Crippen molar-refractivity contribution in [1.29, 1.82) is 0 Å². The van der Waals surface area contributed by atoms with E-state index < -0.39 is 24.1 Å². The maximum absolute atomic E-state index is 14.2. The number of rotatable bonds is 10. The Kier molecular flexibility index (Phi) is 9.62. The molecule has 1 saturated heterocycles. The van der Waals surface area contributed by atoms with Crippen molar-refractivity contribution in [2.45, 2.75) is 32.4 Å². The second kappa shape index (κ2) is 13.3. The summed E-state index contributed by atoms with van der Waals surface area (Å²) in [4.78, 5) is 42.4. The van der Waals surface area contributed by atoms with Gasteiger partial charge in [0.1, 0.15) is 5.75 Å². The Balaban J connectivity index is 1.68. The number of para-hydroxylation sites is 1. The monoisotopic (exact) mass is 559 g/mol. The molecule has 1 aliphatic heterocycles. The molecule has 9 heteroatoms. The van der Waals surface area contributed by atoms with Gasteiger partial charge in [-0.25, -0.2) is 9.59 Å². The highest BCUT2D eigenvalue weighted by Gasteiger charge is 2.35.